The standard InChI is InChI=1S/C33H23S2/c1-4-12-23(13-5-1)31-26-18-10-20-29(34-24-14-6-2-7-15-24)32(26)28-22-35(25-16-8-3-9-17-25)30-21-11-19-27(31)33(28)30/h1-21H,22H2/q+1. The van der Waals surface area contributed by atoms with Crippen LogP contribution >= 0.6 is 11.8 Å². The molecule has 0 spiro atoms. The molecular formula is C33H23S2+. The Morgan fingerprint density at radius 3 is 1.91 bits per heavy atom. The smallest absolute Gasteiger partial charge is 0.0894 e. The van der Waals surface area contributed by atoms with E-state index in [1.807, 2.05) is 11.8 Å². The van der Waals surface area contributed by atoms with Crippen LogP contribution in [0.5, 0.6) is 0 Å². The highest BCUT2D eigenvalue weighted by molar-refractivity contribution is 7.99. The molecule has 0 bridgehead atoms. The van der Waals surface area contributed by atoms with Crippen LogP contribution in [0.3, 0.4) is 0 Å². The molecule has 1 atom stereocenters. The van der Waals surface area contributed by atoms with Crippen LogP contribution in [-0.2, 0) is 16.6 Å². The van der Waals surface area contributed by atoms with E-state index < -0.39 is 0 Å². The van der Waals surface area contributed by atoms with Gasteiger partial charge in [-0.2, -0.15) is 0 Å². The van der Waals surface area contributed by atoms with Crippen LogP contribution in [0.1, 0.15) is 5.56 Å². The Morgan fingerprint density at radius 2 is 1.17 bits per heavy atom. The molecule has 1 aliphatic heterocycles. The summed E-state index contributed by atoms with van der Waals surface area (Å²) in [5, 5.41) is 5.62. The molecule has 0 fully saturated rings. The van der Waals surface area contributed by atoms with E-state index in [0.717, 1.165) is 5.75 Å². The Balaban J connectivity index is 1.58. The largest absolute Gasteiger partial charge is 0.169 e. The van der Waals surface area contributed by atoms with Crippen LogP contribution < -0.4 is 0 Å². The van der Waals surface area contributed by atoms with Crippen LogP contribution in [0, 0.1) is 0 Å². The number of hydrogen-bond donors (Lipinski definition) is 0. The first kappa shape index (κ1) is 20.9. The highest BCUT2D eigenvalue weighted by Gasteiger charge is 2.38. The molecule has 0 aliphatic carbocycles. The van der Waals surface area contributed by atoms with E-state index in [1.54, 1.807) is 0 Å². The van der Waals surface area contributed by atoms with Gasteiger partial charge in [0.1, 0.15) is 5.75 Å². The van der Waals surface area contributed by atoms with E-state index in [2.05, 4.69) is 127 Å². The van der Waals surface area contributed by atoms with Gasteiger partial charge in [0.05, 0.1) is 10.9 Å². The van der Waals surface area contributed by atoms with Crippen molar-refractivity contribution < 1.29 is 0 Å². The molecule has 35 heavy (non-hydrogen) atoms. The monoisotopic (exact) mass is 483 g/mol. The summed E-state index contributed by atoms with van der Waals surface area (Å²) in [6, 6.07) is 46.6. The topological polar surface area (TPSA) is 0 Å². The molecule has 0 amide bonds. The van der Waals surface area contributed by atoms with Gasteiger partial charge in [-0.1, -0.05) is 103 Å². The van der Waals surface area contributed by atoms with E-state index in [4.69, 9.17) is 0 Å². The minimum Gasteiger partial charge on any atom is -0.0894 e. The third-order valence-electron chi connectivity index (χ3n) is 6.81. The lowest BCUT2D eigenvalue weighted by Gasteiger charge is -2.16. The minimum atomic E-state index is 0.0412. The quantitative estimate of drug-likeness (QED) is 0.178. The van der Waals surface area contributed by atoms with Crippen molar-refractivity contribution in [3.05, 3.63) is 133 Å². The molecular weight excluding hydrogens is 460 g/mol. The average molecular weight is 484 g/mol. The molecule has 2 heteroatoms. The van der Waals surface area contributed by atoms with Crippen LogP contribution in [0.4, 0.5) is 0 Å². The van der Waals surface area contributed by atoms with Crippen LogP contribution in [-0.4, -0.2) is 0 Å². The van der Waals surface area contributed by atoms with Gasteiger partial charge in [-0.25, -0.2) is 0 Å². The molecule has 6 aromatic rings. The summed E-state index contributed by atoms with van der Waals surface area (Å²) in [6.07, 6.45) is 0. The number of rotatable bonds is 4. The summed E-state index contributed by atoms with van der Waals surface area (Å²) < 4.78 is 0. The molecule has 0 radical (unpaired) electrons. The van der Waals surface area contributed by atoms with Crippen LogP contribution in [0.15, 0.2) is 147 Å². The van der Waals surface area contributed by atoms with Crippen molar-refractivity contribution in [3.63, 3.8) is 0 Å². The maximum atomic E-state index is 2.36. The summed E-state index contributed by atoms with van der Waals surface area (Å²) in [7, 11) is 0.0412. The summed E-state index contributed by atoms with van der Waals surface area (Å²) in [5.41, 5.74) is 4.15. The second-order valence-corrected chi connectivity index (χ2v) is 11.9. The lowest BCUT2D eigenvalue weighted by atomic mass is 9.89. The van der Waals surface area contributed by atoms with Gasteiger partial charge in [0, 0.05) is 26.1 Å². The van der Waals surface area contributed by atoms with Crippen molar-refractivity contribution in [1.82, 2.24) is 0 Å². The second-order valence-electron chi connectivity index (χ2n) is 8.84. The van der Waals surface area contributed by atoms with Gasteiger partial charge in [-0.15, -0.1) is 0 Å². The molecule has 7 rings (SSSR count). The van der Waals surface area contributed by atoms with Gasteiger partial charge in [-0.3, -0.25) is 0 Å². The molecule has 0 N–H and O–H groups in total. The molecule has 1 unspecified atom stereocenters. The maximum Gasteiger partial charge on any atom is 0.169 e. The zero-order valence-corrected chi connectivity index (χ0v) is 20.8. The second kappa shape index (κ2) is 8.64. The fourth-order valence-corrected chi connectivity index (χ4v) is 8.75. The minimum absolute atomic E-state index is 0.0412. The SMILES string of the molecule is c1ccc(Sc2cccc3c(-c4ccccc4)c4cccc5c4c(c23)C[S+]5c2ccccc2)cc1. The predicted octanol–water partition coefficient (Wildman–Crippen LogP) is 9.36. The highest BCUT2D eigenvalue weighted by Crippen LogP contribution is 2.50. The summed E-state index contributed by atoms with van der Waals surface area (Å²) in [6.45, 7) is 0. The van der Waals surface area contributed by atoms with Crippen LogP contribution in [0.25, 0.3) is 32.7 Å². The predicted molar refractivity (Wildman–Crippen MR) is 151 cm³/mol. The van der Waals surface area contributed by atoms with Crippen molar-refractivity contribution in [3.8, 4) is 11.1 Å². The molecule has 166 valence electrons. The molecule has 0 saturated carbocycles. The first-order valence-corrected chi connectivity index (χ1v) is 14.1. The molecule has 1 aliphatic rings. The number of benzene rings is 6. The average Bonchev–Trinajstić information content (AvgIpc) is 3.31. The summed E-state index contributed by atoms with van der Waals surface area (Å²) in [4.78, 5) is 5.54. The van der Waals surface area contributed by atoms with Gasteiger partial charge >= 0.3 is 0 Å². The Labute approximate surface area is 213 Å². The lowest BCUT2D eigenvalue weighted by molar-refractivity contribution is 1.39. The number of hydrogen-bond acceptors (Lipinski definition) is 1. The highest BCUT2D eigenvalue weighted by atomic mass is 32.2. The van der Waals surface area contributed by atoms with Crippen molar-refractivity contribution >= 4 is 44.2 Å². The normalized spacial score (nSPS) is 14.6. The van der Waals surface area contributed by atoms with Crippen molar-refractivity contribution in [1.29, 1.82) is 0 Å². The Bertz CT molecular complexity index is 1670. The molecule has 1 heterocycles. The van der Waals surface area contributed by atoms with E-state index in [1.165, 1.54) is 57.8 Å². The van der Waals surface area contributed by atoms with E-state index in [-0.39, 0.29) is 10.9 Å². The first-order chi connectivity index (χ1) is 17.4. The van der Waals surface area contributed by atoms with Crippen LogP contribution in [0.2, 0.25) is 0 Å². The van der Waals surface area contributed by atoms with Gasteiger partial charge in [0.2, 0.25) is 0 Å². The lowest BCUT2D eigenvalue weighted by Crippen LogP contribution is -2.00. The van der Waals surface area contributed by atoms with Gasteiger partial charge in [-0.05, 0) is 58.3 Å². The van der Waals surface area contributed by atoms with Gasteiger partial charge in [0.25, 0.3) is 0 Å². The van der Waals surface area contributed by atoms with Gasteiger partial charge in [0.15, 0.2) is 9.79 Å². The fraction of sp³-hybridized carbons (Fsp3) is 0.0303. The third-order valence-corrected chi connectivity index (χ3v) is 10.2. The van der Waals surface area contributed by atoms with E-state index >= 15 is 0 Å². The Morgan fingerprint density at radius 1 is 0.543 bits per heavy atom. The Kier molecular flexibility index (Phi) is 5.15. The third kappa shape index (κ3) is 3.48. The molecule has 6 aromatic carbocycles. The zero-order chi connectivity index (χ0) is 23.2. The first-order valence-electron chi connectivity index (χ1n) is 11.9. The van der Waals surface area contributed by atoms with Crippen molar-refractivity contribution in [2.45, 2.75) is 25.3 Å². The fourth-order valence-electron chi connectivity index (χ4n) is 5.35. The summed E-state index contributed by atoms with van der Waals surface area (Å²) in [5.74, 6) is 1.07. The molecule has 0 saturated heterocycles. The van der Waals surface area contributed by atoms with E-state index in [0.29, 0.717) is 0 Å². The van der Waals surface area contributed by atoms with Gasteiger partial charge < -0.3 is 0 Å². The maximum absolute atomic E-state index is 2.36. The van der Waals surface area contributed by atoms with Crippen molar-refractivity contribution in [2.75, 3.05) is 0 Å². The zero-order valence-electron chi connectivity index (χ0n) is 19.1. The molecule has 0 nitrogen and oxygen atoms in total. The Hall–Kier alpha value is -3.46. The molecule has 0 aromatic heterocycles. The summed E-state index contributed by atoms with van der Waals surface area (Å²) >= 11 is 1.88. The van der Waals surface area contributed by atoms with E-state index in [9.17, 15) is 0 Å². The number of fused-ring (bicyclic) bond motifs is 2. The van der Waals surface area contributed by atoms with Crippen molar-refractivity contribution in [2.24, 2.45) is 0 Å².